The van der Waals surface area contributed by atoms with Gasteiger partial charge >= 0.3 is 5.97 Å². The number of ether oxygens (including phenoxy) is 1. The van der Waals surface area contributed by atoms with Gasteiger partial charge in [-0.05, 0) is 81.5 Å². The maximum Gasteiger partial charge on any atom is 0.333 e. The molecular formula is C17H26O2. The second-order valence-electron chi connectivity index (χ2n) is 7.15. The van der Waals surface area contributed by atoms with Crippen LogP contribution < -0.4 is 0 Å². The first-order valence-corrected chi connectivity index (χ1v) is 7.96. The normalized spacial score (nSPS) is 39.3. The number of esters is 1. The molecule has 4 bridgehead atoms. The molecule has 106 valence electrons. The van der Waals surface area contributed by atoms with Gasteiger partial charge in [-0.2, -0.15) is 0 Å². The van der Waals surface area contributed by atoms with Gasteiger partial charge < -0.3 is 4.74 Å². The molecule has 0 radical (unpaired) electrons. The fourth-order valence-electron chi connectivity index (χ4n) is 5.12. The summed E-state index contributed by atoms with van der Waals surface area (Å²) >= 11 is 0. The zero-order valence-electron chi connectivity index (χ0n) is 12.1. The number of carbonyl (C=O) groups excluding carboxylic acids is 1. The van der Waals surface area contributed by atoms with Crippen LogP contribution in [0.3, 0.4) is 0 Å². The van der Waals surface area contributed by atoms with Crippen LogP contribution in [0.4, 0.5) is 0 Å². The molecule has 19 heavy (non-hydrogen) atoms. The molecule has 0 aliphatic heterocycles. The van der Waals surface area contributed by atoms with Crippen molar-refractivity contribution >= 4 is 5.97 Å². The van der Waals surface area contributed by atoms with Crippen molar-refractivity contribution in [2.75, 3.05) is 6.61 Å². The van der Waals surface area contributed by atoms with Crippen molar-refractivity contribution in [2.24, 2.45) is 29.6 Å². The molecule has 0 aromatic heterocycles. The molecule has 0 unspecified atom stereocenters. The van der Waals surface area contributed by atoms with Crippen molar-refractivity contribution in [3.05, 3.63) is 12.2 Å². The van der Waals surface area contributed by atoms with E-state index in [-0.39, 0.29) is 5.97 Å². The van der Waals surface area contributed by atoms with E-state index in [0.29, 0.717) is 12.2 Å². The first-order valence-electron chi connectivity index (χ1n) is 7.96. The van der Waals surface area contributed by atoms with Crippen LogP contribution in [0.25, 0.3) is 0 Å². The van der Waals surface area contributed by atoms with E-state index in [1.165, 1.54) is 38.5 Å². The van der Waals surface area contributed by atoms with Crippen LogP contribution in [-0.4, -0.2) is 12.6 Å². The van der Waals surface area contributed by atoms with E-state index in [9.17, 15) is 4.79 Å². The quantitative estimate of drug-likeness (QED) is 0.426. The van der Waals surface area contributed by atoms with Crippen molar-refractivity contribution in [3.63, 3.8) is 0 Å². The van der Waals surface area contributed by atoms with Crippen LogP contribution in [0, 0.1) is 29.6 Å². The van der Waals surface area contributed by atoms with Crippen LogP contribution in [0.15, 0.2) is 12.2 Å². The summed E-state index contributed by atoms with van der Waals surface area (Å²) in [6.45, 7) is 5.90. The summed E-state index contributed by atoms with van der Waals surface area (Å²) in [4.78, 5) is 11.3. The molecule has 2 heteroatoms. The highest BCUT2D eigenvalue weighted by atomic mass is 16.5. The molecule has 2 nitrogen and oxygen atoms in total. The zero-order valence-corrected chi connectivity index (χ0v) is 12.1. The lowest BCUT2D eigenvalue weighted by Gasteiger charge is -2.54. The monoisotopic (exact) mass is 262 g/mol. The molecular weight excluding hydrogens is 236 g/mol. The predicted molar refractivity (Wildman–Crippen MR) is 75.5 cm³/mol. The maximum absolute atomic E-state index is 11.3. The lowest BCUT2D eigenvalue weighted by molar-refractivity contribution is -0.139. The van der Waals surface area contributed by atoms with Crippen LogP contribution in [0.5, 0.6) is 0 Å². The predicted octanol–water partition coefficient (Wildman–Crippen LogP) is 3.96. The third-order valence-electron chi connectivity index (χ3n) is 5.69. The fraction of sp³-hybridized carbons (Fsp3) is 0.824. The van der Waals surface area contributed by atoms with Gasteiger partial charge in [0.05, 0.1) is 6.61 Å². The fourth-order valence-corrected chi connectivity index (χ4v) is 5.12. The van der Waals surface area contributed by atoms with E-state index in [4.69, 9.17) is 4.74 Å². The van der Waals surface area contributed by atoms with Gasteiger partial charge in [-0.15, -0.1) is 0 Å². The molecule has 4 aliphatic rings. The highest BCUT2D eigenvalue weighted by Crippen LogP contribution is 2.57. The van der Waals surface area contributed by atoms with Crippen molar-refractivity contribution < 1.29 is 9.53 Å². The summed E-state index contributed by atoms with van der Waals surface area (Å²) < 4.78 is 5.21. The Bertz CT molecular complexity index is 343. The maximum atomic E-state index is 11.3. The van der Waals surface area contributed by atoms with Crippen LogP contribution in [0.1, 0.15) is 51.9 Å². The van der Waals surface area contributed by atoms with E-state index < -0.39 is 0 Å². The Morgan fingerprint density at radius 1 is 1.11 bits per heavy atom. The van der Waals surface area contributed by atoms with Gasteiger partial charge in [-0.1, -0.05) is 6.58 Å². The molecule has 4 saturated carbocycles. The summed E-state index contributed by atoms with van der Waals surface area (Å²) in [6.07, 6.45) is 9.78. The molecule has 0 N–H and O–H groups in total. The van der Waals surface area contributed by atoms with Crippen LogP contribution >= 0.6 is 0 Å². The number of hydrogen-bond acceptors (Lipinski definition) is 2. The van der Waals surface area contributed by atoms with E-state index in [1.54, 1.807) is 6.92 Å². The Kier molecular flexibility index (Phi) is 3.68. The lowest BCUT2D eigenvalue weighted by Crippen LogP contribution is -2.45. The van der Waals surface area contributed by atoms with E-state index in [0.717, 1.165) is 36.0 Å². The Labute approximate surface area is 116 Å². The lowest BCUT2D eigenvalue weighted by atomic mass is 9.51. The van der Waals surface area contributed by atoms with Crippen molar-refractivity contribution in [3.8, 4) is 0 Å². The van der Waals surface area contributed by atoms with Gasteiger partial charge in [0.15, 0.2) is 0 Å². The van der Waals surface area contributed by atoms with Crippen LogP contribution in [-0.2, 0) is 9.53 Å². The molecule has 0 atom stereocenters. The average Bonchev–Trinajstić information content (AvgIpc) is 2.35. The average molecular weight is 262 g/mol. The Morgan fingerprint density at radius 3 is 2.21 bits per heavy atom. The summed E-state index contributed by atoms with van der Waals surface area (Å²) in [5.74, 6) is 4.79. The Morgan fingerprint density at radius 2 is 1.68 bits per heavy atom. The van der Waals surface area contributed by atoms with Crippen molar-refractivity contribution in [2.45, 2.75) is 51.9 Å². The first-order chi connectivity index (χ1) is 9.13. The van der Waals surface area contributed by atoms with E-state index >= 15 is 0 Å². The number of hydrogen-bond donors (Lipinski definition) is 0. The van der Waals surface area contributed by atoms with Gasteiger partial charge in [-0.25, -0.2) is 4.79 Å². The van der Waals surface area contributed by atoms with Gasteiger partial charge in [0.25, 0.3) is 0 Å². The largest absolute Gasteiger partial charge is 0.462 e. The minimum Gasteiger partial charge on any atom is -0.462 e. The van der Waals surface area contributed by atoms with E-state index in [1.807, 2.05) is 0 Å². The standard InChI is InChI=1S/C17H26O2/c1-11(2)17(18)19-5-3-4-16-14-7-12-6-13(9-14)10-15(16)8-12/h12-16H,1,3-10H2,2H3. The second-order valence-corrected chi connectivity index (χ2v) is 7.15. The zero-order chi connectivity index (χ0) is 13.4. The highest BCUT2D eigenvalue weighted by molar-refractivity contribution is 5.86. The topological polar surface area (TPSA) is 26.3 Å². The second kappa shape index (κ2) is 5.30. The van der Waals surface area contributed by atoms with Gasteiger partial charge in [-0.3, -0.25) is 0 Å². The molecule has 4 rings (SSSR count). The molecule has 0 saturated heterocycles. The highest BCUT2D eigenvalue weighted by Gasteiger charge is 2.47. The summed E-state index contributed by atoms with van der Waals surface area (Å²) in [6, 6.07) is 0. The Balaban J connectivity index is 1.44. The Hall–Kier alpha value is -0.790. The molecule has 0 aromatic rings. The van der Waals surface area contributed by atoms with Gasteiger partial charge in [0.1, 0.15) is 0 Å². The molecule has 0 spiro atoms. The first kappa shape index (κ1) is 13.2. The molecule has 0 amide bonds. The van der Waals surface area contributed by atoms with Gasteiger partial charge in [0.2, 0.25) is 0 Å². The number of carbonyl (C=O) groups is 1. The summed E-state index contributed by atoms with van der Waals surface area (Å²) in [5.41, 5.74) is 0.509. The number of rotatable bonds is 5. The third-order valence-corrected chi connectivity index (χ3v) is 5.69. The smallest absolute Gasteiger partial charge is 0.333 e. The summed E-state index contributed by atoms with van der Waals surface area (Å²) in [7, 11) is 0. The minimum absolute atomic E-state index is 0.231. The molecule has 0 heterocycles. The minimum atomic E-state index is -0.231. The molecule has 4 aliphatic carbocycles. The third kappa shape index (κ3) is 2.73. The van der Waals surface area contributed by atoms with E-state index in [2.05, 4.69) is 6.58 Å². The van der Waals surface area contributed by atoms with Crippen molar-refractivity contribution in [1.82, 2.24) is 0 Å². The summed E-state index contributed by atoms with van der Waals surface area (Å²) in [5, 5.41) is 0. The van der Waals surface area contributed by atoms with Crippen molar-refractivity contribution in [1.29, 1.82) is 0 Å². The van der Waals surface area contributed by atoms with Gasteiger partial charge in [0, 0.05) is 5.57 Å². The molecule has 4 fully saturated rings. The molecule has 0 aromatic carbocycles. The SMILES string of the molecule is C=C(C)C(=O)OCCCC1C2CC3CC(C2)CC1C3. The van der Waals surface area contributed by atoms with Crippen LogP contribution in [0.2, 0.25) is 0 Å².